The van der Waals surface area contributed by atoms with E-state index in [-0.39, 0.29) is 5.82 Å². The van der Waals surface area contributed by atoms with Crippen LogP contribution in [0.3, 0.4) is 0 Å². The van der Waals surface area contributed by atoms with Gasteiger partial charge in [0.05, 0.1) is 0 Å². The third-order valence-electron chi connectivity index (χ3n) is 4.01. The molecule has 2 aromatic carbocycles. The minimum absolute atomic E-state index is 0.181. The van der Waals surface area contributed by atoms with E-state index in [1.165, 1.54) is 17.2 Å². The van der Waals surface area contributed by atoms with Crippen LogP contribution in [0.25, 0.3) is 0 Å². The van der Waals surface area contributed by atoms with E-state index in [4.69, 9.17) is 0 Å². The SMILES string of the molecule is Fc1cccc(CN(CCc2ccccc2)Cc2ccncc2)c1. The molecule has 0 unspecified atom stereocenters. The smallest absolute Gasteiger partial charge is 0.123 e. The Morgan fingerprint density at radius 3 is 2.21 bits per heavy atom. The van der Waals surface area contributed by atoms with Crippen LogP contribution in [0.15, 0.2) is 79.1 Å². The fourth-order valence-corrected chi connectivity index (χ4v) is 2.79. The second-order valence-electron chi connectivity index (χ2n) is 5.93. The van der Waals surface area contributed by atoms with E-state index < -0.39 is 0 Å². The van der Waals surface area contributed by atoms with Crippen molar-refractivity contribution in [3.8, 4) is 0 Å². The molecule has 0 fully saturated rings. The minimum Gasteiger partial charge on any atom is -0.295 e. The first-order valence-corrected chi connectivity index (χ1v) is 8.19. The highest BCUT2D eigenvalue weighted by Crippen LogP contribution is 2.12. The molecule has 2 nitrogen and oxygen atoms in total. The fraction of sp³-hybridized carbons (Fsp3) is 0.190. The second kappa shape index (κ2) is 8.37. The molecule has 3 heteroatoms. The Morgan fingerprint density at radius 1 is 0.750 bits per heavy atom. The van der Waals surface area contributed by atoms with Crippen molar-refractivity contribution in [2.45, 2.75) is 19.5 Å². The largest absolute Gasteiger partial charge is 0.295 e. The molecule has 0 bridgehead atoms. The van der Waals surface area contributed by atoms with Gasteiger partial charge in [0.1, 0.15) is 5.82 Å². The van der Waals surface area contributed by atoms with Gasteiger partial charge in [0, 0.05) is 32.0 Å². The Morgan fingerprint density at radius 2 is 1.46 bits per heavy atom. The summed E-state index contributed by atoms with van der Waals surface area (Å²) in [4.78, 5) is 6.42. The quantitative estimate of drug-likeness (QED) is 0.639. The van der Waals surface area contributed by atoms with Crippen LogP contribution < -0.4 is 0 Å². The Labute approximate surface area is 142 Å². The van der Waals surface area contributed by atoms with Crippen LogP contribution in [0.1, 0.15) is 16.7 Å². The molecule has 0 saturated carbocycles. The molecular formula is C21H21FN2. The van der Waals surface area contributed by atoms with Crippen molar-refractivity contribution < 1.29 is 4.39 Å². The molecule has 122 valence electrons. The Balaban J connectivity index is 1.70. The van der Waals surface area contributed by atoms with Crippen LogP contribution in [-0.2, 0) is 19.5 Å². The van der Waals surface area contributed by atoms with Gasteiger partial charge in [-0.1, -0.05) is 42.5 Å². The van der Waals surface area contributed by atoms with Gasteiger partial charge in [-0.15, -0.1) is 0 Å². The molecule has 0 spiro atoms. The molecule has 3 aromatic rings. The fourth-order valence-electron chi connectivity index (χ4n) is 2.79. The van der Waals surface area contributed by atoms with Gasteiger partial charge in [-0.25, -0.2) is 4.39 Å². The summed E-state index contributed by atoms with van der Waals surface area (Å²) in [7, 11) is 0. The summed E-state index contributed by atoms with van der Waals surface area (Å²) < 4.78 is 13.5. The summed E-state index contributed by atoms with van der Waals surface area (Å²) in [5, 5.41) is 0. The van der Waals surface area contributed by atoms with Crippen molar-refractivity contribution in [2.24, 2.45) is 0 Å². The highest BCUT2D eigenvalue weighted by atomic mass is 19.1. The number of aromatic nitrogens is 1. The van der Waals surface area contributed by atoms with E-state index >= 15 is 0 Å². The highest BCUT2D eigenvalue weighted by molar-refractivity contribution is 5.18. The van der Waals surface area contributed by atoms with E-state index in [0.717, 1.165) is 31.6 Å². The van der Waals surface area contributed by atoms with Crippen LogP contribution in [0.4, 0.5) is 4.39 Å². The van der Waals surface area contributed by atoms with E-state index in [9.17, 15) is 4.39 Å². The standard InChI is InChI=1S/C21H21FN2/c22-21-8-4-7-20(15-21)17-24(16-19-9-12-23-13-10-19)14-11-18-5-2-1-3-6-18/h1-10,12-13,15H,11,14,16-17H2. The molecule has 0 radical (unpaired) electrons. The molecule has 3 rings (SSSR count). The lowest BCUT2D eigenvalue weighted by atomic mass is 10.1. The van der Waals surface area contributed by atoms with Gasteiger partial charge < -0.3 is 0 Å². The molecule has 0 aliphatic heterocycles. The molecule has 1 aromatic heterocycles. The second-order valence-corrected chi connectivity index (χ2v) is 5.93. The van der Waals surface area contributed by atoms with Gasteiger partial charge in [0.25, 0.3) is 0 Å². The van der Waals surface area contributed by atoms with E-state index in [1.54, 1.807) is 12.1 Å². The summed E-state index contributed by atoms with van der Waals surface area (Å²) >= 11 is 0. The van der Waals surface area contributed by atoms with Gasteiger partial charge in [-0.3, -0.25) is 9.88 Å². The summed E-state index contributed by atoms with van der Waals surface area (Å²) in [5.41, 5.74) is 3.53. The Bertz CT molecular complexity index is 744. The molecule has 0 amide bonds. The molecule has 0 aliphatic carbocycles. The van der Waals surface area contributed by atoms with Gasteiger partial charge in [-0.2, -0.15) is 0 Å². The van der Waals surface area contributed by atoms with Crippen LogP contribution >= 0.6 is 0 Å². The van der Waals surface area contributed by atoms with Crippen LogP contribution in [0.5, 0.6) is 0 Å². The minimum atomic E-state index is -0.181. The first-order valence-electron chi connectivity index (χ1n) is 8.19. The first kappa shape index (κ1) is 16.3. The molecule has 0 N–H and O–H groups in total. The average molecular weight is 320 g/mol. The van der Waals surface area contributed by atoms with Crippen LogP contribution in [0, 0.1) is 5.82 Å². The normalized spacial score (nSPS) is 10.9. The number of pyridine rings is 1. The van der Waals surface area contributed by atoms with Crippen LogP contribution in [-0.4, -0.2) is 16.4 Å². The summed E-state index contributed by atoms with van der Waals surface area (Å²) in [6.45, 7) is 2.47. The maximum atomic E-state index is 13.5. The zero-order valence-corrected chi connectivity index (χ0v) is 13.6. The third-order valence-corrected chi connectivity index (χ3v) is 4.01. The number of halogens is 1. The number of hydrogen-bond acceptors (Lipinski definition) is 2. The zero-order chi connectivity index (χ0) is 16.6. The van der Waals surface area contributed by atoms with Crippen molar-refractivity contribution in [1.29, 1.82) is 0 Å². The predicted octanol–water partition coefficient (Wildman–Crippen LogP) is 4.47. The third kappa shape index (κ3) is 5.00. The molecule has 0 saturated heterocycles. The number of hydrogen-bond donors (Lipinski definition) is 0. The van der Waals surface area contributed by atoms with E-state index in [2.05, 4.69) is 34.1 Å². The highest BCUT2D eigenvalue weighted by Gasteiger charge is 2.08. The van der Waals surface area contributed by atoms with E-state index in [1.807, 2.05) is 36.7 Å². The maximum absolute atomic E-state index is 13.5. The zero-order valence-electron chi connectivity index (χ0n) is 13.6. The number of benzene rings is 2. The van der Waals surface area contributed by atoms with E-state index in [0.29, 0.717) is 0 Å². The van der Waals surface area contributed by atoms with Crippen LogP contribution in [0.2, 0.25) is 0 Å². The van der Waals surface area contributed by atoms with Gasteiger partial charge in [-0.05, 0) is 47.4 Å². The lowest BCUT2D eigenvalue weighted by Gasteiger charge is -2.22. The Hall–Kier alpha value is -2.52. The lowest BCUT2D eigenvalue weighted by Crippen LogP contribution is -2.25. The summed E-state index contributed by atoms with van der Waals surface area (Å²) in [6.07, 6.45) is 4.60. The first-order chi connectivity index (χ1) is 11.8. The predicted molar refractivity (Wildman–Crippen MR) is 94.9 cm³/mol. The molecule has 24 heavy (non-hydrogen) atoms. The molecule has 0 aliphatic rings. The number of rotatable bonds is 7. The van der Waals surface area contributed by atoms with Gasteiger partial charge in [0.2, 0.25) is 0 Å². The lowest BCUT2D eigenvalue weighted by molar-refractivity contribution is 0.259. The van der Waals surface area contributed by atoms with Crippen molar-refractivity contribution >= 4 is 0 Å². The molecule has 0 atom stereocenters. The van der Waals surface area contributed by atoms with Gasteiger partial charge >= 0.3 is 0 Å². The Kier molecular flexibility index (Phi) is 5.70. The van der Waals surface area contributed by atoms with Crippen molar-refractivity contribution in [2.75, 3.05) is 6.54 Å². The average Bonchev–Trinajstić information content (AvgIpc) is 2.61. The monoisotopic (exact) mass is 320 g/mol. The molecular weight excluding hydrogens is 299 g/mol. The van der Waals surface area contributed by atoms with Crippen molar-refractivity contribution in [3.05, 3.63) is 102 Å². The summed E-state index contributed by atoms with van der Waals surface area (Å²) in [5.74, 6) is -0.181. The van der Waals surface area contributed by atoms with Gasteiger partial charge in [0.15, 0.2) is 0 Å². The topological polar surface area (TPSA) is 16.1 Å². The number of nitrogens with zero attached hydrogens (tertiary/aromatic N) is 2. The van der Waals surface area contributed by atoms with Crippen molar-refractivity contribution in [3.63, 3.8) is 0 Å². The van der Waals surface area contributed by atoms with Crippen molar-refractivity contribution in [1.82, 2.24) is 9.88 Å². The maximum Gasteiger partial charge on any atom is 0.123 e. The molecule has 1 heterocycles. The summed E-state index contributed by atoms with van der Waals surface area (Å²) in [6, 6.07) is 21.4.